The first-order valence-corrected chi connectivity index (χ1v) is 6.59. The van der Waals surface area contributed by atoms with Crippen LogP contribution < -0.4 is 10.9 Å². The van der Waals surface area contributed by atoms with E-state index in [4.69, 9.17) is 0 Å². The molecule has 0 bridgehead atoms. The molecule has 1 saturated carbocycles. The van der Waals surface area contributed by atoms with E-state index in [2.05, 4.69) is 10.3 Å². The van der Waals surface area contributed by atoms with E-state index in [0.717, 1.165) is 36.9 Å². The van der Waals surface area contributed by atoms with E-state index in [1.807, 2.05) is 13.0 Å². The molecule has 98 valence electrons. The monoisotopic (exact) mass is 248 g/mol. The largest absolute Gasteiger partial charge is 0.349 e. The minimum absolute atomic E-state index is 0.228. The molecule has 18 heavy (non-hydrogen) atoms. The van der Waals surface area contributed by atoms with Crippen LogP contribution in [0.5, 0.6) is 0 Å². The minimum Gasteiger partial charge on any atom is -0.349 e. The molecule has 0 saturated heterocycles. The predicted octanol–water partition coefficient (Wildman–Crippen LogP) is 2.05. The van der Waals surface area contributed by atoms with Crippen molar-refractivity contribution < 1.29 is 4.79 Å². The summed E-state index contributed by atoms with van der Waals surface area (Å²) in [7, 11) is 0. The summed E-state index contributed by atoms with van der Waals surface area (Å²) < 4.78 is 0. The van der Waals surface area contributed by atoms with Gasteiger partial charge in [0.2, 0.25) is 0 Å². The molecule has 2 rings (SSSR count). The van der Waals surface area contributed by atoms with Crippen LogP contribution in [-0.2, 0) is 0 Å². The van der Waals surface area contributed by atoms with Gasteiger partial charge in [-0.25, -0.2) is 0 Å². The number of nitrogens with one attached hydrogen (secondary N) is 2. The van der Waals surface area contributed by atoms with Gasteiger partial charge in [-0.1, -0.05) is 19.3 Å². The Morgan fingerprint density at radius 1 is 1.28 bits per heavy atom. The van der Waals surface area contributed by atoms with Crippen LogP contribution in [-0.4, -0.2) is 16.9 Å². The van der Waals surface area contributed by atoms with E-state index in [1.54, 1.807) is 6.92 Å². The topological polar surface area (TPSA) is 62.0 Å². The van der Waals surface area contributed by atoms with Crippen molar-refractivity contribution in [1.82, 2.24) is 10.3 Å². The van der Waals surface area contributed by atoms with Crippen molar-refractivity contribution in [3.63, 3.8) is 0 Å². The van der Waals surface area contributed by atoms with Gasteiger partial charge in [0.15, 0.2) is 0 Å². The van der Waals surface area contributed by atoms with Crippen LogP contribution in [0.2, 0.25) is 0 Å². The van der Waals surface area contributed by atoms with Gasteiger partial charge >= 0.3 is 0 Å². The zero-order chi connectivity index (χ0) is 13.1. The summed E-state index contributed by atoms with van der Waals surface area (Å²) in [6.07, 6.45) is 5.61. The number of pyridine rings is 1. The lowest BCUT2D eigenvalue weighted by molar-refractivity contribution is 0.0925. The number of carbonyl (C=O) groups is 1. The van der Waals surface area contributed by atoms with E-state index in [-0.39, 0.29) is 23.1 Å². The molecule has 4 heteroatoms. The molecular formula is C14H20N2O2. The Labute approximate surface area is 107 Å². The molecule has 1 aliphatic rings. The first kappa shape index (κ1) is 12.9. The van der Waals surface area contributed by atoms with E-state index in [9.17, 15) is 9.59 Å². The summed E-state index contributed by atoms with van der Waals surface area (Å²) in [5.41, 5.74) is 1.49. The Bertz CT molecular complexity index is 499. The SMILES string of the molecule is Cc1cc(C)c(C(=O)NC2CCCCC2)c(=O)[nH]1. The molecule has 0 spiro atoms. The maximum absolute atomic E-state index is 12.1. The number of amides is 1. The van der Waals surface area contributed by atoms with Crippen LogP contribution in [0.4, 0.5) is 0 Å². The van der Waals surface area contributed by atoms with Gasteiger partial charge in [0.25, 0.3) is 11.5 Å². The molecule has 1 aromatic rings. The fraction of sp³-hybridized carbons (Fsp3) is 0.571. The number of rotatable bonds is 2. The Morgan fingerprint density at radius 3 is 2.56 bits per heavy atom. The molecule has 1 aliphatic carbocycles. The third-order valence-corrected chi connectivity index (χ3v) is 3.53. The van der Waals surface area contributed by atoms with Crippen LogP contribution in [0.25, 0.3) is 0 Å². The van der Waals surface area contributed by atoms with Crippen molar-refractivity contribution in [3.05, 3.63) is 33.2 Å². The fourth-order valence-corrected chi connectivity index (χ4v) is 2.64. The molecule has 0 atom stereocenters. The molecule has 1 aromatic heterocycles. The second-order valence-corrected chi connectivity index (χ2v) is 5.15. The lowest BCUT2D eigenvalue weighted by Crippen LogP contribution is -2.39. The molecule has 0 radical (unpaired) electrons. The van der Waals surface area contributed by atoms with Crippen molar-refractivity contribution in [1.29, 1.82) is 0 Å². The van der Waals surface area contributed by atoms with Crippen LogP contribution in [0.1, 0.15) is 53.7 Å². The Kier molecular flexibility index (Phi) is 3.84. The van der Waals surface area contributed by atoms with Gasteiger partial charge in [-0.15, -0.1) is 0 Å². The van der Waals surface area contributed by atoms with E-state index in [1.165, 1.54) is 6.42 Å². The molecule has 0 unspecified atom stereocenters. The Balaban J connectivity index is 2.16. The van der Waals surface area contributed by atoms with Gasteiger partial charge in [-0.2, -0.15) is 0 Å². The highest BCUT2D eigenvalue weighted by molar-refractivity contribution is 5.95. The van der Waals surface area contributed by atoms with Gasteiger partial charge < -0.3 is 10.3 Å². The van der Waals surface area contributed by atoms with E-state index < -0.39 is 0 Å². The lowest BCUT2D eigenvalue weighted by atomic mass is 9.95. The standard InChI is InChI=1S/C14H20N2O2/c1-9-8-10(2)15-13(17)12(9)14(18)16-11-6-4-3-5-7-11/h8,11H,3-7H2,1-2H3,(H,15,17)(H,16,18). The summed E-state index contributed by atoms with van der Waals surface area (Å²) in [4.78, 5) is 26.6. The second kappa shape index (κ2) is 5.38. The number of hydrogen-bond acceptors (Lipinski definition) is 2. The number of aromatic nitrogens is 1. The van der Waals surface area contributed by atoms with Crippen LogP contribution in [0.15, 0.2) is 10.9 Å². The molecule has 1 amide bonds. The molecule has 1 heterocycles. The van der Waals surface area contributed by atoms with E-state index in [0.29, 0.717) is 0 Å². The summed E-state index contributed by atoms with van der Waals surface area (Å²) in [6.45, 7) is 3.62. The van der Waals surface area contributed by atoms with Gasteiger partial charge in [0.05, 0.1) is 0 Å². The second-order valence-electron chi connectivity index (χ2n) is 5.15. The zero-order valence-electron chi connectivity index (χ0n) is 11.0. The van der Waals surface area contributed by atoms with Crippen molar-refractivity contribution in [3.8, 4) is 0 Å². The summed E-state index contributed by atoms with van der Waals surface area (Å²) >= 11 is 0. The van der Waals surface area contributed by atoms with Crippen LogP contribution in [0.3, 0.4) is 0 Å². The third kappa shape index (κ3) is 2.81. The first-order chi connectivity index (χ1) is 8.58. The van der Waals surface area contributed by atoms with Gasteiger partial charge in [0, 0.05) is 11.7 Å². The quantitative estimate of drug-likeness (QED) is 0.841. The average molecular weight is 248 g/mol. The maximum atomic E-state index is 12.1. The smallest absolute Gasteiger partial charge is 0.261 e. The molecule has 1 fully saturated rings. The van der Waals surface area contributed by atoms with Gasteiger partial charge in [-0.3, -0.25) is 9.59 Å². The number of carbonyl (C=O) groups excluding carboxylic acids is 1. The van der Waals surface area contributed by atoms with Crippen molar-refractivity contribution in [2.45, 2.75) is 52.0 Å². The highest BCUT2D eigenvalue weighted by Gasteiger charge is 2.19. The number of aromatic amines is 1. The Morgan fingerprint density at radius 2 is 1.94 bits per heavy atom. The number of aryl methyl sites for hydroxylation is 2. The maximum Gasteiger partial charge on any atom is 0.261 e. The molecule has 4 nitrogen and oxygen atoms in total. The van der Waals surface area contributed by atoms with Gasteiger partial charge in [0.1, 0.15) is 5.56 Å². The third-order valence-electron chi connectivity index (χ3n) is 3.53. The van der Waals surface area contributed by atoms with Crippen molar-refractivity contribution >= 4 is 5.91 Å². The summed E-state index contributed by atoms with van der Waals surface area (Å²) in [6, 6.07) is 2.06. The highest BCUT2D eigenvalue weighted by Crippen LogP contribution is 2.17. The fourth-order valence-electron chi connectivity index (χ4n) is 2.64. The molecule has 2 N–H and O–H groups in total. The summed E-state index contributed by atoms with van der Waals surface area (Å²) in [5.74, 6) is -0.236. The van der Waals surface area contributed by atoms with E-state index >= 15 is 0 Å². The highest BCUT2D eigenvalue weighted by atomic mass is 16.2. The minimum atomic E-state index is -0.291. The average Bonchev–Trinajstić information content (AvgIpc) is 2.28. The van der Waals surface area contributed by atoms with Crippen LogP contribution in [0, 0.1) is 13.8 Å². The van der Waals surface area contributed by atoms with Crippen LogP contribution >= 0.6 is 0 Å². The van der Waals surface area contributed by atoms with Gasteiger partial charge in [-0.05, 0) is 38.3 Å². The first-order valence-electron chi connectivity index (χ1n) is 6.59. The number of H-pyrrole nitrogens is 1. The lowest BCUT2D eigenvalue weighted by Gasteiger charge is -2.22. The zero-order valence-corrected chi connectivity index (χ0v) is 11.0. The number of hydrogen-bond donors (Lipinski definition) is 2. The Hall–Kier alpha value is -1.58. The molecular weight excluding hydrogens is 228 g/mol. The van der Waals surface area contributed by atoms with Crippen molar-refractivity contribution in [2.24, 2.45) is 0 Å². The predicted molar refractivity (Wildman–Crippen MR) is 70.9 cm³/mol. The summed E-state index contributed by atoms with van der Waals surface area (Å²) in [5, 5.41) is 2.98. The molecule has 0 aliphatic heterocycles. The molecule has 0 aromatic carbocycles. The van der Waals surface area contributed by atoms with Crippen molar-refractivity contribution in [2.75, 3.05) is 0 Å². The normalized spacial score (nSPS) is 16.6.